The molecule has 1 saturated heterocycles. The van der Waals surface area contributed by atoms with Gasteiger partial charge in [-0.2, -0.15) is 0 Å². The Morgan fingerprint density at radius 2 is 2.05 bits per heavy atom. The summed E-state index contributed by atoms with van der Waals surface area (Å²) >= 11 is 0. The summed E-state index contributed by atoms with van der Waals surface area (Å²) in [5.41, 5.74) is 1.03. The van der Waals surface area contributed by atoms with Gasteiger partial charge in [0.15, 0.2) is 0 Å². The standard InChI is InChI=1S/C17H24N2O2/c1-18(16-10-11-19(12-16)15-8-5-9-15)17(20)21-13-14-6-3-2-4-7-14/h2-4,6-7,15-16H,5,8-13H2,1H3/t16-/m1/s1. The first kappa shape index (κ1) is 14.4. The average molecular weight is 288 g/mol. The third-order valence-corrected chi connectivity index (χ3v) is 4.83. The van der Waals surface area contributed by atoms with Crippen LogP contribution >= 0.6 is 0 Å². The predicted molar refractivity (Wildman–Crippen MR) is 82.0 cm³/mol. The van der Waals surface area contributed by atoms with Crippen LogP contribution in [-0.4, -0.2) is 48.1 Å². The maximum absolute atomic E-state index is 12.1. The Hall–Kier alpha value is -1.55. The smallest absolute Gasteiger partial charge is 0.410 e. The van der Waals surface area contributed by atoms with Crippen molar-refractivity contribution in [1.29, 1.82) is 0 Å². The van der Waals surface area contributed by atoms with Crippen LogP contribution in [0.2, 0.25) is 0 Å². The molecule has 0 radical (unpaired) electrons. The minimum Gasteiger partial charge on any atom is -0.445 e. The Balaban J connectivity index is 1.46. The van der Waals surface area contributed by atoms with E-state index in [1.807, 2.05) is 37.4 Å². The van der Waals surface area contributed by atoms with Gasteiger partial charge in [-0.3, -0.25) is 4.90 Å². The molecule has 4 nitrogen and oxygen atoms in total. The quantitative estimate of drug-likeness (QED) is 0.854. The fourth-order valence-corrected chi connectivity index (χ4v) is 3.14. The molecule has 0 bridgehead atoms. The van der Waals surface area contributed by atoms with Crippen molar-refractivity contribution < 1.29 is 9.53 Å². The van der Waals surface area contributed by atoms with Crippen LogP contribution in [0, 0.1) is 0 Å². The van der Waals surface area contributed by atoms with E-state index in [2.05, 4.69) is 4.90 Å². The monoisotopic (exact) mass is 288 g/mol. The molecule has 1 aliphatic heterocycles. The van der Waals surface area contributed by atoms with Crippen LogP contribution in [0.4, 0.5) is 4.79 Å². The van der Waals surface area contributed by atoms with Crippen molar-refractivity contribution >= 4 is 6.09 Å². The highest BCUT2D eigenvalue weighted by atomic mass is 16.6. The van der Waals surface area contributed by atoms with Crippen LogP contribution < -0.4 is 0 Å². The van der Waals surface area contributed by atoms with Gasteiger partial charge in [-0.15, -0.1) is 0 Å². The minimum atomic E-state index is -0.209. The highest BCUT2D eigenvalue weighted by Gasteiger charge is 2.34. The first-order chi connectivity index (χ1) is 10.2. The normalized spacial score (nSPS) is 22.8. The molecule has 3 rings (SSSR count). The SMILES string of the molecule is CN(C(=O)OCc1ccccc1)[C@@H]1CCN(C2CCC2)C1. The van der Waals surface area contributed by atoms with Gasteiger partial charge in [0, 0.05) is 32.2 Å². The number of likely N-dealkylation sites (tertiary alicyclic amines) is 1. The molecule has 21 heavy (non-hydrogen) atoms. The van der Waals surface area contributed by atoms with Crippen molar-refractivity contribution in [2.24, 2.45) is 0 Å². The molecule has 0 unspecified atom stereocenters. The number of amides is 1. The van der Waals surface area contributed by atoms with E-state index >= 15 is 0 Å². The lowest BCUT2D eigenvalue weighted by molar-refractivity contribution is 0.0876. The first-order valence-electron chi connectivity index (χ1n) is 7.91. The van der Waals surface area contributed by atoms with Crippen LogP contribution in [0.15, 0.2) is 30.3 Å². The van der Waals surface area contributed by atoms with Crippen LogP contribution in [0.1, 0.15) is 31.2 Å². The van der Waals surface area contributed by atoms with Gasteiger partial charge in [0.05, 0.1) is 0 Å². The lowest BCUT2D eigenvalue weighted by atomic mass is 9.92. The largest absolute Gasteiger partial charge is 0.445 e. The van der Waals surface area contributed by atoms with Crippen molar-refractivity contribution in [2.45, 2.75) is 44.4 Å². The van der Waals surface area contributed by atoms with Crippen molar-refractivity contribution in [3.8, 4) is 0 Å². The van der Waals surface area contributed by atoms with Gasteiger partial charge in [-0.25, -0.2) is 4.79 Å². The molecular weight excluding hydrogens is 264 g/mol. The zero-order chi connectivity index (χ0) is 14.7. The molecule has 0 N–H and O–H groups in total. The van der Waals surface area contributed by atoms with E-state index in [9.17, 15) is 4.79 Å². The molecule has 1 amide bonds. The Bertz CT molecular complexity index is 473. The second-order valence-electron chi connectivity index (χ2n) is 6.17. The molecule has 4 heteroatoms. The Morgan fingerprint density at radius 1 is 1.29 bits per heavy atom. The highest BCUT2D eigenvalue weighted by Crippen LogP contribution is 2.29. The molecule has 1 aromatic carbocycles. The number of hydrogen-bond acceptors (Lipinski definition) is 3. The Morgan fingerprint density at radius 3 is 2.71 bits per heavy atom. The fraction of sp³-hybridized carbons (Fsp3) is 0.588. The summed E-state index contributed by atoms with van der Waals surface area (Å²) in [7, 11) is 1.86. The van der Waals surface area contributed by atoms with Crippen molar-refractivity contribution in [3.05, 3.63) is 35.9 Å². The molecule has 1 aliphatic carbocycles. The van der Waals surface area contributed by atoms with Gasteiger partial charge < -0.3 is 9.64 Å². The number of carbonyl (C=O) groups is 1. The number of benzene rings is 1. The maximum atomic E-state index is 12.1. The van der Waals surface area contributed by atoms with Gasteiger partial charge in [0.2, 0.25) is 0 Å². The molecular formula is C17H24N2O2. The maximum Gasteiger partial charge on any atom is 0.410 e. The summed E-state index contributed by atoms with van der Waals surface area (Å²) in [6, 6.07) is 10.9. The summed E-state index contributed by atoms with van der Waals surface area (Å²) in [6.45, 7) is 2.47. The van der Waals surface area contributed by atoms with Crippen LogP contribution in [0.25, 0.3) is 0 Å². The van der Waals surface area contributed by atoms with E-state index in [4.69, 9.17) is 4.74 Å². The van der Waals surface area contributed by atoms with Crippen LogP contribution in [0.5, 0.6) is 0 Å². The second-order valence-corrected chi connectivity index (χ2v) is 6.17. The van der Waals surface area contributed by atoms with Crippen molar-refractivity contribution in [1.82, 2.24) is 9.80 Å². The molecule has 1 atom stereocenters. The highest BCUT2D eigenvalue weighted by molar-refractivity contribution is 5.67. The summed E-state index contributed by atoms with van der Waals surface area (Å²) in [5, 5.41) is 0. The minimum absolute atomic E-state index is 0.209. The zero-order valence-electron chi connectivity index (χ0n) is 12.7. The van der Waals surface area contributed by atoms with Crippen molar-refractivity contribution in [3.63, 3.8) is 0 Å². The zero-order valence-corrected chi connectivity index (χ0v) is 12.7. The summed E-state index contributed by atoms with van der Waals surface area (Å²) in [5.74, 6) is 0. The average Bonchev–Trinajstić information content (AvgIpc) is 2.92. The van der Waals surface area contributed by atoms with Gasteiger partial charge >= 0.3 is 6.09 Å². The van der Waals surface area contributed by atoms with Gasteiger partial charge in [-0.05, 0) is 24.8 Å². The second kappa shape index (κ2) is 6.48. The lowest BCUT2D eigenvalue weighted by Crippen LogP contribution is -2.43. The van der Waals surface area contributed by atoms with Gasteiger partial charge in [-0.1, -0.05) is 36.8 Å². The number of rotatable bonds is 4. The number of hydrogen-bond donors (Lipinski definition) is 0. The molecule has 0 spiro atoms. The fourth-order valence-electron chi connectivity index (χ4n) is 3.14. The van der Waals surface area contributed by atoms with Gasteiger partial charge in [0.25, 0.3) is 0 Å². The first-order valence-corrected chi connectivity index (χ1v) is 7.91. The van der Waals surface area contributed by atoms with E-state index in [1.54, 1.807) is 4.90 Å². The molecule has 0 aromatic heterocycles. The number of carbonyl (C=O) groups excluding carboxylic acids is 1. The Kier molecular flexibility index (Phi) is 4.44. The van der Waals surface area contributed by atoms with E-state index in [-0.39, 0.29) is 6.09 Å². The van der Waals surface area contributed by atoms with Crippen LogP contribution in [0.3, 0.4) is 0 Å². The number of ether oxygens (including phenoxy) is 1. The van der Waals surface area contributed by atoms with Gasteiger partial charge in [0.1, 0.15) is 6.61 Å². The summed E-state index contributed by atoms with van der Waals surface area (Å²) in [4.78, 5) is 16.5. The summed E-state index contributed by atoms with van der Waals surface area (Å²) < 4.78 is 5.41. The molecule has 2 aliphatic rings. The van der Waals surface area contributed by atoms with Crippen molar-refractivity contribution in [2.75, 3.05) is 20.1 Å². The number of nitrogens with zero attached hydrogens (tertiary/aromatic N) is 2. The van der Waals surface area contributed by atoms with Crippen LogP contribution in [-0.2, 0) is 11.3 Å². The van der Waals surface area contributed by atoms with E-state index < -0.39 is 0 Å². The predicted octanol–water partition coefficient (Wildman–Crippen LogP) is 2.88. The van der Waals surface area contributed by atoms with E-state index in [0.717, 1.165) is 31.1 Å². The third-order valence-electron chi connectivity index (χ3n) is 4.83. The molecule has 1 saturated carbocycles. The number of likely N-dealkylation sites (N-methyl/N-ethyl adjacent to an activating group) is 1. The molecule has 1 aromatic rings. The molecule has 2 fully saturated rings. The summed E-state index contributed by atoms with van der Waals surface area (Å²) in [6.07, 6.45) is 4.87. The Labute approximate surface area is 126 Å². The molecule has 114 valence electrons. The molecule has 1 heterocycles. The van der Waals surface area contributed by atoms with E-state index in [0.29, 0.717) is 12.6 Å². The third kappa shape index (κ3) is 3.38. The topological polar surface area (TPSA) is 32.8 Å². The van der Waals surface area contributed by atoms with E-state index in [1.165, 1.54) is 19.3 Å². The lowest BCUT2D eigenvalue weighted by Gasteiger charge is -2.35.